The molecule has 6 nitrogen and oxygen atoms in total. The summed E-state index contributed by atoms with van der Waals surface area (Å²) in [5.41, 5.74) is 0. The number of aromatic nitrogens is 2. The largest absolute Gasteiger partial charge is 0.381 e. The van der Waals surface area contributed by atoms with Crippen LogP contribution in [0.5, 0.6) is 0 Å². The Kier molecular flexibility index (Phi) is 3.89. The molecule has 3 rings (SSSR count). The van der Waals surface area contributed by atoms with Crippen LogP contribution < -0.4 is 10.2 Å². The molecule has 108 valence electrons. The van der Waals surface area contributed by atoms with Crippen LogP contribution in [0.4, 0.5) is 11.6 Å². The van der Waals surface area contributed by atoms with Crippen molar-refractivity contribution in [3.05, 3.63) is 10.8 Å². The Morgan fingerprint density at radius 2 is 2.15 bits per heavy atom. The highest BCUT2D eigenvalue weighted by atomic mass is 79.9. The fourth-order valence-corrected chi connectivity index (χ4v) is 3.21. The number of fused-ring (bicyclic) bond motifs is 1. The van der Waals surface area contributed by atoms with Crippen molar-refractivity contribution in [2.75, 3.05) is 23.9 Å². The lowest BCUT2D eigenvalue weighted by Gasteiger charge is -2.39. The fourth-order valence-electron chi connectivity index (χ4n) is 2.94. The van der Waals surface area contributed by atoms with Crippen LogP contribution in [-0.2, 0) is 9.53 Å². The van der Waals surface area contributed by atoms with E-state index in [9.17, 15) is 4.79 Å². The van der Waals surface area contributed by atoms with Gasteiger partial charge >= 0.3 is 0 Å². The first-order valence-electron chi connectivity index (χ1n) is 6.79. The highest BCUT2D eigenvalue weighted by molar-refractivity contribution is 9.10. The molecule has 20 heavy (non-hydrogen) atoms. The third-order valence-corrected chi connectivity index (χ3v) is 4.37. The Bertz CT molecular complexity index is 517. The fraction of sp³-hybridized carbons (Fsp3) is 0.615. The Labute approximate surface area is 126 Å². The van der Waals surface area contributed by atoms with Crippen molar-refractivity contribution in [1.82, 2.24) is 9.97 Å². The average Bonchev–Trinajstić information content (AvgIpc) is 2.47. The smallest absolute Gasteiger partial charge is 0.245 e. The van der Waals surface area contributed by atoms with Gasteiger partial charge in [0.25, 0.3) is 0 Å². The summed E-state index contributed by atoms with van der Waals surface area (Å²) in [6, 6.07) is 0.329. The Morgan fingerprint density at radius 3 is 2.85 bits per heavy atom. The van der Waals surface area contributed by atoms with Gasteiger partial charge in [-0.1, -0.05) is 0 Å². The summed E-state index contributed by atoms with van der Waals surface area (Å²) in [4.78, 5) is 22.6. The average molecular weight is 341 g/mol. The zero-order valence-electron chi connectivity index (χ0n) is 11.3. The molecule has 1 fully saturated rings. The monoisotopic (exact) mass is 340 g/mol. The molecule has 1 aliphatic heterocycles. The minimum atomic E-state index is -0.0250. The van der Waals surface area contributed by atoms with Gasteiger partial charge in [0, 0.05) is 13.2 Å². The number of amides is 1. The number of nitrogens with zero attached hydrogens (tertiary/aromatic N) is 3. The van der Waals surface area contributed by atoms with Crippen LogP contribution in [0.15, 0.2) is 10.8 Å². The summed E-state index contributed by atoms with van der Waals surface area (Å²) < 4.78 is 6.09. The predicted octanol–water partition coefficient (Wildman–Crippen LogP) is 1.96. The van der Waals surface area contributed by atoms with Crippen LogP contribution in [0.1, 0.15) is 25.7 Å². The van der Waals surface area contributed by atoms with E-state index in [-0.39, 0.29) is 5.91 Å². The zero-order chi connectivity index (χ0) is 14.1. The third kappa shape index (κ3) is 2.64. The molecule has 0 saturated heterocycles. The first-order valence-corrected chi connectivity index (χ1v) is 7.58. The summed E-state index contributed by atoms with van der Waals surface area (Å²) in [7, 11) is 1.76. The van der Waals surface area contributed by atoms with Crippen LogP contribution in [0.2, 0.25) is 0 Å². The van der Waals surface area contributed by atoms with E-state index in [0.717, 1.165) is 31.5 Å². The number of anilines is 2. The molecule has 1 aliphatic carbocycles. The van der Waals surface area contributed by atoms with E-state index in [0.29, 0.717) is 29.1 Å². The number of hydrogen-bond donors (Lipinski definition) is 1. The van der Waals surface area contributed by atoms with Gasteiger partial charge in [-0.2, -0.15) is 0 Å². The van der Waals surface area contributed by atoms with Crippen molar-refractivity contribution < 1.29 is 9.53 Å². The number of ether oxygens (including phenoxy) is 1. The lowest BCUT2D eigenvalue weighted by Crippen LogP contribution is -2.47. The molecule has 1 saturated carbocycles. The molecule has 7 heteroatoms. The van der Waals surface area contributed by atoms with E-state index in [1.165, 1.54) is 0 Å². The van der Waals surface area contributed by atoms with Crippen LogP contribution in [0, 0.1) is 0 Å². The van der Waals surface area contributed by atoms with Crippen LogP contribution in [0.3, 0.4) is 0 Å². The molecule has 0 radical (unpaired) electrons. The van der Waals surface area contributed by atoms with Crippen molar-refractivity contribution >= 4 is 33.5 Å². The summed E-state index contributed by atoms with van der Waals surface area (Å²) in [5.74, 6) is 1.29. The number of carbonyl (C=O) groups is 1. The molecule has 1 aromatic heterocycles. The highest BCUT2D eigenvalue weighted by Crippen LogP contribution is 2.33. The topological polar surface area (TPSA) is 67.3 Å². The van der Waals surface area contributed by atoms with E-state index in [4.69, 9.17) is 4.74 Å². The minimum Gasteiger partial charge on any atom is -0.381 e. The molecule has 0 unspecified atom stereocenters. The first kappa shape index (κ1) is 13.8. The molecular formula is C13H17BrN4O2. The highest BCUT2D eigenvalue weighted by Gasteiger charge is 2.32. The first-order chi connectivity index (χ1) is 9.67. The van der Waals surface area contributed by atoms with E-state index in [1.807, 2.05) is 0 Å². The summed E-state index contributed by atoms with van der Waals surface area (Å²) in [5, 5.41) is 2.78. The molecular weight excluding hydrogens is 324 g/mol. The number of carbonyl (C=O) groups excluding carboxylic acids is 1. The maximum absolute atomic E-state index is 11.8. The quantitative estimate of drug-likeness (QED) is 0.891. The number of hydrogen-bond acceptors (Lipinski definition) is 5. The SMILES string of the molecule is CO[C@H]1CC[C@@H](N2CC(=O)Nc3ncc(Br)nc32)CC1. The second-order valence-corrected chi connectivity index (χ2v) is 6.02. The molecule has 1 aromatic rings. The standard InChI is InChI=1S/C13H17BrN4O2/c1-20-9-4-2-8(3-5-9)18-7-11(19)17-12-13(18)16-10(14)6-15-12/h6,8-9H,2-5,7H2,1H3,(H,15,17,19)/t8-,9+. The number of halogens is 1. The van der Waals surface area contributed by atoms with Crippen LogP contribution >= 0.6 is 15.9 Å². The number of rotatable bonds is 2. The molecule has 1 amide bonds. The molecule has 2 aliphatic rings. The second-order valence-electron chi connectivity index (χ2n) is 5.21. The van der Waals surface area contributed by atoms with Gasteiger partial charge in [-0.25, -0.2) is 9.97 Å². The van der Waals surface area contributed by atoms with Gasteiger partial charge in [0.05, 0.1) is 18.8 Å². The van der Waals surface area contributed by atoms with E-state index >= 15 is 0 Å². The van der Waals surface area contributed by atoms with Crippen LogP contribution in [-0.4, -0.2) is 41.7 Å². The lowest BCUT2D eigenvalue weighted by molar-refractivity contribution is -0.115. The predicted molar refractivity (Wildman–Crippen MR) is 78.8 cm³/mol. The van der Waals surface area contributed by atoms with Gasteiger partial charge in [-0.15, -0.1) is 0 Å². The molecule has 1 N–H and O–H groups in total. The van der Waals surface area contributed by atoms with Crippen molar-refractivity contribution in [2.24, 2.45) is 0 Å². The maximum Gasteiger partial charge on any atom is 0.245 e. The zero-order valence-corrected chi connectivity index (χ0v) is 12.9. The Balaban J connectivity index is 1.83. The summed E-state index contributed by atoms with van der Waals surface area (Å²) in [6.07, 6.45) is 6.02. The number of nitrogens with one attached hydrogen (secondary N) is 1. The van der Waals surface area contributed by atoms with Crippen molar-refractivity contribution in [1.29, 1.82) is 0 Å². The van der Waals surface area contributed by atoms with Gasteiger partial charge in [0.2, 0.25) is 5.91 Å². The van der Waals surface area contributed by atoms with E-state index in [1.54, 1.807) is 13.3 Å². The summed E-state index contributed by atoms with van der Waals surface area (Å²) in [6.45, 7) is 0.348. The van der Waals surface area contributed by atoms with Gasteiger partial charge in [-0.3, -0.25) is 4.79 Å². The second kappa shape index (κ2) is 5.65. The molecule has 0 spiro atoms. The van der Waals surface area contributed by atoms with Crippen molar-refractivity contribution in [3.8, 4) is 0 Å². The van der Waals surface area contributed by atoms with Crippen LogP contribution in [0.25, 0.3) is 0 Å². The van der Waals surface area contributed by atoms with Gasteiger partial charge < -0.3 is 15.0 Å². The normalized spacial score (nSPS) is 26.1. The van der Waals surface area contributed by atoms with Gasteiger partial charge in [0.15, 0.2) is 11.6 Å². The summed E-state index contributed by atoms with van der Waals surface area (Å²) >= 11 is 3.34. The Morgan fingerprint density at radius 1 is 1.40 bits per heavy atom. The number of methoxy groups -OCH3 is 1. The van der Waals surface area contributed by atoms with E-state index in [2.05, 4.69) is 36.1 Å². The Hall–Kier alpha value is -1.21. The molecule has 0 bridgehead atoms. The van der Waals surface area contributed by atoms with Gasteiger partial charge in [-0.05, 0) is 41.6 Å². The minimum absolute atomic E-state index is 0.0250. The van der Waals surface area contributed by atoms with Crippen molar-refractivity contribution in [2.45, 2.75) is 37.8 Å². The maximum atomic E-state index is 11.8. The van der Waals surface area contributed by atoms with Gasteiger partial charge in [0.1, 0.15) is 4.60 Å². The molecule has 0 aromatic carbocycles. The third-order valence-electron chi connectivity index (χ3n) is 3.99. The lowest BCUT2D eigenvalue weighted by atomic mass is 9.91. The molecule has 2 heterocycles. The van der Waals surface area contributed by atoms with Crippen molar-refractivity contribution in [3.63, 3.8) is 0 Å². The van der Waals surface area contributed by atoms with E-state index < -0.39 is 0 Å². The molecule has 0 atom stereocenters.